The number of carbonyl (C=O) groups excluding carboxylic acids is 1. The zero-order valence-corrected chi connectivity index (χ0v) is 16.8. The van der Waals surface area contributed by atoms with E-state index in [1.165, 1.54) is 11.3 Å². The smallest absolute Gasteiger partial charge is 0.279 e. The van der Waals surface area contributed by atoms with Gasteiger partial charge in [0.1, 0.15) is 0 Å². The summed E-state index contributed by atoms with van der Waals surface area (Å²) in [5.41, 5.74) is 3.38. The van der Waals surface area contributed by atoms with Crippen molar-refractivity contribution < 1.29 is 4.79 Å². The Morgan fingerprint density at radius 2 is 2.00 bits per heavy atom. The number of hydrogen-bond acceptors (Lipinski definition) is 3. The number of nitrogens with zero attached hydrogens (tertiary/aromatic N) is 3. The van der Waals surface area contributed by atoms with Crippen LogP contribution in [-0.2, 0) is 6.54 Å². The fraction of sp³-hybridized carbons (Fsp3) is 0.150. The van der Waals surface area contributed by atoms with E-state index >= 15 is 0 Å². The fourth-order valence-corrected chi connectivity index (χ4v) is 4.59. The summed E-state index contributed by atoms with van der Waals surface area (Å²) in [4.78, 5) is 22.4. The van der Waals surface area contributed by atoms with Gasteiger partial charge in [0.25, 0.3) is 5.91 Å². The highest BCUT2D eigenvalue weighted by Crippen LogP contribution is 2.22. The van der Waals surface area contributed by atoms with Gasteiger partial charge in [-0.25, -0.2) is 0 Å². The Bertz CT molecular complexity index is 1220. The molecule has 26 heavy (non-hydrogen) atoms. The number of rotatable bonds is 2. The first-order chi connectivity index (χ1) is 12.5. The second kappa shape index (κ2) is 6.78. The molecular formula is C20H16BrN3OS. The van der Waals surface area contributed by atoms with Crippen LogP contribution in [0.25, 0.3) is 21.1 Å². The lowest BCUT2D eigenvalue weighted by Gasteiger charge is -2.02. The number of aryl methyl sites for hydroxylation is 2. The van der Waals surface area contributed by atoms with Gasteiger partial charge in [-0.2, -0.15) is 4.99 Å². The van der Waals surface area contributed by atoms with Gasteiger partial charge in [0.15, 0.2) is 4.80 Å². The molecule has 2 aromatic heterocycles. The molecule has 0 radical (unpaired) electrons. The van der Waals surface area contributed by atoms with Crippen molar-refractivity contribution in [2.24, 2.45) is 4.99 Å². The molecule has 0 spiro atoms. The Morgan fingerprint density at radius 3 is 2.81 bits per heavy atom. The van der Waals surface area contributed by atoms with Crippen molar-refractivity contribution in [1.29, 1.82) is 0 Å². The van der Waals surface area contributed by atoms with Gasteiger partial charge in [0, 0.05) is 27.7 Å². The van der Waals surface area contributed by atoms with Crippen molar-refractivity contribution in [3.63, 3.8) is 0 Å². The predicted octanol–water partition coefficient (Wildman–Crippen LogP) is 5.08. The highest BCUT2D eigenvalue weighted by atomic mass is 79.9. The maximum absolute atomic E-state index is 12.7. The minimum absolute atomic E-state index is 0.247. The van der Waals surface area contributed by atoms with Crippen LogP contribution in [0.2, 0.25) is 0 Å². The lowest BCUT2D eigenvalue weighted by atomic mass is 10.1. The summed E-state index contributed by atoms with van der Waals surface area (Å²) in [6.45, 7) is 4.75. The monoisotopic (exact) mass is 425 g/mol. The molecule has 0 fully saturated rings. The number of fused-ring (bicyclic) bond motifs is 2. The first-order valence-corrected chi connectivity index (χ1v) is 9.91. The first kappa shape index (κ1) is 17.1. The number of thiazole rings is 1. The van der Waals surface area contributed by atoms with Gasteiger partial charge in [0.05, 0.1) is 15.7 Å². The van der Waals surface area contributed by atoms with Crippen molar-refractivity contribution in [2.45, 2.75) is 20.4 Å². The third kappa shape index (κ3) is 3.10. The molecule has 0 aliphatic heterocycles. The number of pyridine rings is 1. The average Bonchev–Trinajstić information content (AvgIpc) is 2.96. The van der Waals surface area contributed by atoms with Gasteiger partial charge >= 0.3 is 0 Å². The number of halogens is 1. The SMILES string of the molecule is CCn1c(=NC(=O)c2ccc3ccc(C)nc3c2)sc2cc(Br)ccc21. The third-order valence-corrected chi connectivity index (χ3v) is 5.77. The third-order valence-electron chi connectivity index (χ3n) is 4.24. The molecule has 0 saturated carbocycles. The Hall–Kier alpha value is -2.31. The summed E-state index contributed by atoms with van der Waals surface area (Å²) in [6.07, 6.45) is 0. The van der Waals surface area contributed by atoms with Gasteiger partial charge in [-0.1, -0.05) is 39.4 Å². The first-order valence-electron chi connectivity index (χ1n) is 8.30. The summed E-state index contributed by atoms with van der Waals surface area (Å²) < 4.78 is 4.18. The van der Waals surface area contributed by atoms with E-state index in [0.29, 0.717) is 10.4 Å². The zero-order chi connectivity index (χ0) is 18.3. The van der Waals surface area contributed by atoms with Crippen molar-refractivity contribution in [3.05, 3.63) is 69.1 Å². The molecule has 6 heteroatoms. The van der Waals surface area contributed by atoms with Crippen molar-refractivity contribution >= 4 is 54.3 Å². The maximum Gasteiger partial charge on any atom is 0.279 e. The lowest BCUT2D eigenvalue weighted by molar-refractivity contribution is 0.0998. The number of hydrogen-bond donors (Lipinski definition) is 0. The fourth-order valence-electron chi connectivity index (χ4n) is 2.94. The van der Waals surface area contributed by atoms with E-state index in [4.69, 9.17) is 0 Å². The molecule has 0 N–H and O–H groups in total. The van der Waals surface area contributed by atoms with Crippen LogP contribution in [0.5, 0.6) is 0 Å². The highest BCUT2D eigenvalue weighted by Gasteiger charge is 2.10. The summed E-state index contributed by atoms with van der Waals surface area (Å²) in [7, 11) is 0. The topological polar surface area (TPSA) is 47.2 Å². The summed E-state index contributed by atoms with van der Waals surface area (Å²) in [5.74, 6) is -0.247. The Morgan fingerprint density at radius 1 is 1.19 bits per heavy atom. The molecule has 0 aliphatic rings. The molecule has 0 aliphatic carbocycles. The molecule has 4 aromatic rings. The number of benzene rings is 2. The van der Waals surface area contributed by atoms with E-state index in [1.807, 2.05) is 49.4 Å². The second-order valence-corrected chi connectivity index (χ2v) is 7.94. The van der Waals surface area contributed by atoms with Crippen LogP contribution in [0.15, 0.2) is 58.0 Å². The van der Waals surface area contributed by atoms with Crippen LogP contribution in [0.3, 0.4) is 0 Å². The Labute approximate surface area is 163 Å². The van der Waals surface area contributed by atoms with E-state index in [0.717, 1.165) is 37.8 Å². The van der Waals surface area contributed by atoms with Crippen LogP contribution in [0.4, 0.5) is 0 Å². The summed E-state index contributed by atoms with van der Waals surface area (Å²) >= 11 is 5.02. The van der Waals surface area contributed by atoms with Crippen molar-refractivity contribution in [2.75, 3.05) is 0 Å². The molecule has 130 valence electrons. The average molecular weight is 426 g/mol. The van der Waals surface area contributed by atoms with Gasteiger partial charge < -0.3 is 4.57 Å². The molecule has 0 atom stereocenters. The van der Waals surface area contributed by atoms with Crippen LogP contribution >= 0.6 is 27.3 Å². The standard InChI is InChI=1S/C20H16BrN3OS/c1-3-24-17-9-8-15(21)11-18(17)26-20(24)23-19(25)14-7-6-13-5-4-12(2)22-16(13)10-14/h4-11H,3H2,1-2H3. The van der Waals surface area contributed by atoms with Crippen LogP contribution in [-0.4, -0.2) is 15.5 Å². The predicted molar refractivity (Wildman–Crippen MR) is 110 cm³/mol. The quantitative estimate of drug-likeness (QED) is 0.449. The molecule has 4 nitrogen and oxygen atoms in total. The van der Waals surface area contributed by atoms with Gasteiger partial charge in [-0.15, -0.1) is 0 Å². The molecule has 2 aromatic carbocycles. The molecule has 4 rings (SSSR count). The number of carbonyl (C=O) groups is 1. The van der Waals surface area contributed by atoms with E-state index in [9.17, 15) is 4.79 Å². The molecular weight excluding hydrogens is 410 g/mol. The molecule has 0 bridgehead atoms. The van der Waals surface area contributed by atoms with E-state index in [-0.39, 0.29) is 5.91 Å². The van der Waals surface area contributed by atoms with Gasteiger partial charge in [0.2, 0.25) is 0 Å². The van der Waals surface area contributed by atoms with Crippen molar-refractivity contribution in [3.8, 4) is 0 Å². The van der Waals surface area contributed by atoms with Crippen LogP contribution in [0, 0.1) is 6.92 Å². The van der Waals surface area contributed by atoms with Crippen LogP contribution < -0.4 is 4.80 Å². The van der Waals surface area contributed by atoms with Gasteiger partial charge in [-0.05, 0) is 50.2 Å². The van der Waals surface area contributed by atoms with E-state index < -0.39 is 0 Å². The lowest BCUT2D eigenvalue weighted by Crippen LogP contribution is -2.15. The minimum Gasteiger partial charge on any atom is -0.317 e. The number of amides is 1. The molecule has 0 saturated heterocycles. The van der Waals surface area contributed by atoms with Crippen LogP contribution in [0.1, 0.15) is 23.0 Å². The number of aromatic nitrogens is 2. The van der Waals surface area contributed by atoms with Crippen molar-refractivity contribution in [1.82, 2.24) is 9.55 Å². The molecule has 1 amide bonds. The molecule has 0 unspecified atom stereocenters. The summed E-state index contributed by atoms with van der Waals surface area (Å²) in [5, 5.41) is 1.02. The Kier molecular flexibility index (Phi) is 4.46. The normalized spacial score (nSPS) is 12.2. The highest BCUT2D eigenvalue weighted by molar-refractivity contribution is 9.10. The second-order valence-electron chi connectivity index (χ2n) is 6.02. The van der Waals surface area contributed by atoms with E-state index in [2.05, 4.69) is 43.5 Å². The molecule has 2 heterocycles. The minimum atomic E-state index is -0.247. The zero-order valence-electron chi connectivity index (χ0n) is 14.4. The largest absolute Gasteiger partial charge is 0.317 e. The summed E-state index contributed by atoms with van der Waals surface area (Å²) in [6, 6.07) is 15.6. The van der Waals surface area contributed by atoms with E-state index in [1.54, 1.807) is 0 Å². The van der Waals surface area contributed by atoms with Gasteiger partial charge in [-0.3, -0.25) is 9.78 Å². The Balaban J connectivity index is 1.83. The maximum atomic E-state index is 12.7.